The van der Waals surface area contributed by atoms with Gasteiger partial charge in [-0.25, -0.2) is 9.78 Å². The summed E-state index contributed by atoms with van der Waals surface area (Å²) in [5, 5.41) is 18.6. The van der Waals surface area contributed by atoms with Gasteiger partial charge in [0.2, 0.25) is 5.91 Å². The van der Waals surface area contributed by atoms with Crippen LogP contribution in [-0.4, -0.2) is 64.3 Å². The molecule has 1 aliphatic heterocycles. The van der Waals surface area contributed by atoms with Gasteiger partial charge in [0.05, 0.1) is 5.52 Å². The van der Waals surface area contributed by atoms with E-state index in [1.54, 1.807) is 36.3 Å². The summed E-state index contributed by atoms with van der Waals surface area (Å²) in [6.45, 7) is 1.45. The quantitative estimate of drug-likeness (QED) is 0.541. The molecule has 5 rings (SSSR count). The van der Waals surface area contributed by atoms with E-state index in [2.05, 4.69) is 15.2 Å². The molecule has 1 N–H and O–H groups in total. The van der Waals surface area contributed by atoms with Crippen molar-refractivity contribution >= 4 is 28.6 Å². The van der Waals surface area contributed by atoms with E-state index in [4.69, 9.17) is 4.74 Å². The molecule has 3 aromatic rings. The fourth-order valence-corrected chi connectivity index (χ4v) is 4.47. The molecule has 1 amide bonds. The molecule has 1 aliphatic carbocycles. The maximum atomic E-state index is 13.0. The topological polar surface area (TPSA) is 132 Å². The number of hydrogen-bond donors (Lipinski definition) is 1. The number of nitrogens with zero attached hydrogens (tertiary/aromatic N) is 6. The molecule has 1 saturated heterocycles. The molecule has 0 bridgehead atoms. The van der Waals surface area contributed by atoms with E-state index in [-0.39, 0.29) is 42.5 Å². The van der Waals surface area contributed by atoms with Crippen molar-refractivity contribution in [2.45, 2.75) is 45.0 Å². The Morgan fingerprint density at radius 2 is 2.03 bits per heavy atom. The maximum absolute atomic E-state index is 13.0. The van der Waals surface area contributed by atoms with Crippen molar-refractivity contribution in [3.05, 3.63) is 36.0 Å². The molecule has 166 valence electrons. The van der Waals surface area contributed by atoms with Gasteiger partial charge in [-0.1, -0.05) is 0 Å². The summed E-state index contributed by atoms with van der Waals surface area (Å²) < 4.78 is 8.80. The number of carboxylic acids is 1. The van der Waals surface area contributed by atoms with Crippen molar-refractivity contribution in [3.8, 4) is 5.75 Å². The minimum absolute atomic E-state index is 0.00193. The molecule has 2 fully saturated rings. The minimum Gasteiger partial charge on any atom is -0.486 e. The number of aryl methyl sites for hydroxylation is 1. The molecule has 11 nitrogen and oxygen atoms in total. The molecule has 3 atom stereocenters. The standard InChI is InChI=1S/C21H22N6O5/c1-11(28)20-14-7-13(32-9-18-22-10-25(2)23-18)3-4-15(14)26(24-20)8-19(29)27-16-5-12(16)6-17(27)21(30)31/h3-4,7,10,12,16-17H,5-6,8-9H2,1-2H3,(H,30,31)/t12-,16-,17+/m1/s1. The van der Waals surface area contributed by atoms with Gasteiger partial charge in [0.25, 0.3) is 0 Å². The van der Waals surface area contributed by atoms with Gasteiger partial charge in [-0.2, -0.15) is 10.2 Å². The van der Waals surface area contributed by atoms with Crippen LogP contribution in [0.15, 0.2) is 24.5 Å². The molecule has 1 saturated carbocycles. The number of carbonyl (C=O) groups is 3. The second-order valence-corrected chi connectivity index (χ2v) is 8.32. The van der Waals surface area contributed by atoms with Crippen LogP contribution in [0.2, 0.25) is 0 Å². The van der Waals surface area contributed by atoms with Crippen LogP contribution >= 0.6 is 0 Å². The van der Waals surface area contributed by atoms with Crippen LogP contribution < -0.4 is 4.74 Å². The Balaban J connectivity index is 1.40. The maximum Gasteiger partial charge on any atom is 0.326 e. The van der Waals surface area contributed by atoms with E-state index in [9.17, 15) is 19.5 Å². The zero-order valence-electron chi connectivity index (χ0n) is 17.6. The molecular formula is C21H22N6O5. The average Bonchev–Trinajstić information content (AvgIpc) is 3.08. The van der Waals surface area contributed by atoms with Crippen LogP contribution in [0.4, 0.5) is 0 Å². The molecular weight excluding hydrogens is 416 g/mol. The highest BCUT2D eigenvalue weighted by atomic mass is 16.5. The summed E-state index contributed by atoms with van der Waals surface area (Å²) in [5.41, 5.74) is 0.833. The van der Waals surface area contributed by atoms with E-state index in [0.29, 0.717) is 28.9 Å². The summed E-state index contributed by atoms with van der Waals surface area (Å²) in [5.74, 6) is -0.206. The Hall–Kier alpha value is -3.76. The summed E-state index contributed by atoms with van der Waals surface area (Å²) in [6.07, 6.45) is 2.92. The van der Waals surface area contributed by atoms with Crippen molar-refractivity contribution in [3.63, 3.8) is 0 Å². The fourth-order valence-electron chi connectivity index (χ4n) is 4.47. The van der Waals surface area contributed by atoms with Crippen molar-refractivity contribution in [1.82, 2.24) is 29.4 Å². The molecule has 2 aliphatic rings. The number of rotatable bonds is 7. The fraction of sp³-hybridized carbons (Fsp3) is 0.429. The van der Waals surface area contributed by atoms with Crippen LogP contribution in [-0.2, 0) is 29.8 Å². The van der Waals surface area contributed by atoms with E-state index >= 15 is 0 Å². The molecule has 0 radical (unpaired) electrons. The molecule has 3 heterocycles. The van der Waals surface area contributed by atoms with Crippen molar-refractivity contribution in [2.75, 3.05) is 0 Å². The highest BCUT2D eigenvalue weighted by Gasteiger charge is 2.56. The smallest absolute Gasteiger partial charge is 0.326 e. The molecule has 2 aromatic heterocycles. The third-order valence-corrected chi connectivity index (χ3v) is 6.03. The number of likely N-dealkylation sites (tertiary alicyclic amines) is 1. The van der Waals surface area contributed by atoms with E-state index in [1.807, 2.05) is 0 Å². The molecule has 1 aromatic carbocycles. The Morgan fingerprint density at radius 3 is 2.72 bits per heavy atom. The van der Waals surface area contributed by atoms with Gasteiger partial charge in [-0.05, 0) is 37.0 Å². The number of Topliss-reactive ketones (excluding diaryl/α,β-unsaturated/α-hetero) is 1. The lowest BCUT2D eigenvalue weighted by atomic mass is 10.1. The van der Waals surface area contributed by atoms with Crippen molar-refractivity contribution < 1.29 is 24.2 Å². The number of aromatic nitrogens is 5. The van der Waals surface area contributed by atoms with Crippen molar-refractivity contribution in [2.24, 2.45) is 13.0 Å². The van der Waals surface area contributed by atoms with Gasteiger partial charge in [0.15, 0.2) is 11.6 Å². The lowest BCUT2D eigenvalue weighted by molar-refractivity contribution is -0.149. The predicted molar refractivity (Wildman–Crippen MR) is 110 cm³/mol. The second kappa shape index (κ2) is 7.43. The number of hydrogen-bond acceptors (Lipinski definition) is 7. The van der Waals surface area contributed by atoms with Gasteiger partial charge >= 0.3 is 5.97 Å². The summed E-state index contributed by atoms with van der Waals surface area (Å²) in [6, 6.07) is 4.38. The van der Waals surface area contributed by atoms with Gasteiger partial charge in [0.1, 0.15) is 37.0 Å². The minimum atomic E-state index is -0.982. The highest BCUT2D eigenvalue weighted by Crippen LogP contribution is 2.48. The number of carbonyl (C=O) groups excluding carboxylic acids is 2. The van der Waals surface area contributed by atoms with Gasteiger partial charge in [-0.15, -0.1) is 0 Å². The van der Waals surface area contributed by atoms with Crippen LogP contribution in [0.3, 0.4) is 0 Å². The van der Waals surface area contributed by atoms with E-state index in [1.165, 1.54) is 16.5 Å². The zero-order chi connectivity index (χ0) is 22.6. The first-order chi connectivity index (χ1) is 15.3. The summed E-state index contributed by atoms with van der Waals surface area (Å²) >= 11 is 0. The largest absolute Gasteiger partial charge is 0.486 e. The Kier molecular flexibility index (Phi) is 4.68. The van der Waals surface area contributed by atoms with Gasteiger partial charge in [0, 0.05) is 25.4 Å². The van der Waals surface area contributed by atoms with Crippen LogP contribution in [0.5, 0.6) is 5.75 Å². The van der Waals surface area contributed by atoms with E-state index in [0.717, 1.165) is 6.42 Å². The monoisotopic (exact) mass is 438 g/mol. The van der Waals surface area contributed by atoms with E-state index < -0.39 is 12.0 Å². The lowest BCUT2D eigenvalue weighted by Crippen LogP contribution is -2.44. The third kappa shape index (κ3) is 3.49. The first-order valence-corrected chi connectivity index (χ1v) is 10.3. The molecule has 0 spiro atoms. The zero-order valence-corrected chi connectivity index (χ0v) is 17.6. The van der Waals surface area contributed by atoms with Crippen molar-refractivity contribution in [1.29, 1.82) is 0 Å². The van der Waals surface area contributed by atoms with Gasteiger partial charge < -0.3 is 14.7 Å². The number of ketones is 1. The SMILES string of the molecule is CC(=O)c1nn(CC(=O)N2[C@@H]3C[C@@H]3C[C@H]2C(=O)O)c2ccc(OCc3ncn(C)n3)cc12. The number of piperidine rings is 1. The number of carboxylic acid groups (broad SMARTS) is 1. The second-order valence-electron chi connectivity index (χ2n) is 8.32. The van der Waals surface area contributed by atoms with Crippen LogP contribution in [0, 0.1) is 5.92 Å². The Labute approximate surface area is 182 Å². The Bertz CT molecular complexity index is 1250. The highest BCUT2D eigenvalue weighted by molar-refractivity contribution is 6.05. The first kappa shape index (κ1) is 20.2. The Morgan fingerprint density at radius 1 is 1.22 bits per heavy atom. The van der Waals surface area contributed by atoms with Gasteiger partial charge in [-0.3, -0.25) is 19.0 Å². The normalized spacial score (nSPS) is 21.6. The van der Waals surface area contributed by atoms with Crippen LogP contribution in [0.25, 0.3) is 10.9 Å². The lowest BCUT2D eigenvalue weighted by Gasteiger charge is -2.24. The average molecular weight is 438 g/mol. The van der Waals surface area contributed by atoms with Crippen LogP contribution in [0.1, 0.15) is 36.1 Å². The molecule has 0 unspecified atom stereocenters. The molecule has 32 heavy (non-hydrogen) atoms. The number of fused-ring (bicyclic) bond motifs is 2. The number of amides is 1. The first-order valence-electron chi connectivity index (χ1n) is 10.3. The number of benzene rings is 1. The predicted octanol–water partition coefficient (Wildman–Crippen LogP) is 1.02. The summed E-state index contributed by atoms with van der Waals surface area (Å²) in [4.78, 5) is 42.3. The summed E-state index contributed by atoms with van der Waals surface area (Å²) in [7, 11) is 1.77. The number of aliphatic carboxylic acids is 1. The molecule has 11 heteroatoms. The third-order valence-electron chi connectivity index (χ3n) is 6.03. The number of ether oxygens (including phenoxy) is 1.